The molecule has 0 bridgehead atoms. The average molecular weight is 465 g/mol. The Morgan fingerprint density at radius 3 is 2.48 bits per heavy atom. The molecule has 0 saturated carbocycles. The van der Waals surface area contributed by atoms with Crippen LogP contribution >= 0.6 is 57.0 Å². The molecule has 0 aliphatic rings. The van der Waals surface area contributed by atoms with Crippen LogP contribution in [-0.4, -0.2) is 8.75 Å². The van der Waals surface area contributed by atoms with Crippen molar-refractivity contribution in [2.75, 3.05) is 0 Å². The van der Waals surface area contributed by atoms with Crippen LogP contribution in [0.5, 0.6) is 0 Å². The van der Waals surface area contributed by atoms with Gasteiger partial charge in [-0.25, -0.2) is 0 Å². The van der Waals surface area contributed by atoms with Gasteiger partial charge in [0.15, 0.2) is 0 Å². The van der Waals surface area contributed by atoms with Crippen molar-refractivity contribution in [1.29, 1.82) is 5.26 Å². The summed E-state index contributed by atoms with van der Waals surface area (Å²) >= 11 is 6.88. The Hall–Kier alpha value is -1.34. The molecule has 23 heavy (non-hydrogen) atoms. The molecule has 0 unspecified atom stereocenters. The molecule has 0 radical (unpaired) electrons. The van der Waals surface area contributed by atoms with E-state index in [1.165, 1.54) is 19.5 Å². The summed E-state index contributed by atoms with van der Waals surface area (Å²) in [6.07, 6.45) is 0. The van der Waals surface area contributed by atoms with Crippen LogP contribution in [0.4, 0.5) is 0 Å². The maximum absolute atomic E-state index is 9.67. The minimum atomic E-state index is 0.657. The van der Waals surface area contributed by atoms with Crippen LogP contribution < -0.4 is 0 Å². The molecule has 3 heterocycles. The molecule has 0 fully saturated rings. The Kier molecular flexibility index (Phi) is 3.93. The van der Waals surface area contributed by atoms with Gasteiger partial charge in [0.25, 0.3) is 0 Å². The maximum Gasteiger partial charge on any atom is 0.115 e. The second-order valence-electron chi connectivity index (χ2n) is 4.93. The number of nitrogens with zero attached hydrogens (tertiary/aromatic N) is 3. The number of hydrogen-bond acceptors (Lipinski definition) is 6. The topological polar surface area (TPSA) is 49.6 Å². The van der Waals surface area contributed by atoms with Gasteiger partial charge in [-0.05, 0) is 59.8 Å². The van der Waals surface area contributed by atoms with E-state index in [-0.39, 0.29) is 0 Å². The molecule has 0 spiro atoms. The summed E-state index contributed by atoms with van der Waals surface area (Å²) < 4.78 is 10.2. The molecule has 0 aliphatic heterocycles. The predicted octanol–water partition coefficient (Wildman–Crippen LogP) is 5.93. The molecular formula is C16H8IN3S3. The fraction of sp³-hybridized carbons (Fsp3) is 0.0625. The van der Waals surface area contributed by atoms with E-state index in [1.54, 1.807) is 22.7 Å². The van der Waals surface area contributed by atoms with Gasteiger partial charge >= 0.3 is 0 Å². The van der Waals surface area contributed by atoms with E-state index in [4.69, 9.17) is 0 Å². The minimum Gasteiger partial charge on any atom is -0.192 e. The van der Waals surface area contributed by atoms with Crippen molar-refractivity contribution >= 4 is 68.0 Å². The lowest BCUT2D eigenvalue weighted by atomic mass is 10.00. The molecular weight excluding hydrogens is 457 g/mol. The quantitative estimate of drug-likeness (QED) is 0.345. The Bertz CT molecular complexity index is 1070. The summed E-state index contributed by atoms with van der Waals surface area (Å²) in [5.74, 6) is 0. The summed E-state index contributed by atoms with van der Waals surface area (Å²) in [5.41, 5.74) is 4.27. The molecule has 3 aromatic heterocycles. The third-order valence-corrected chi connectivity index (χ3v) is 6.96. The van der Waals surface area contributed by atoms with Gasteiger partial charge in [-0.15, -0.1) is 22.7 Å². The first-order valence-corrected chi connectivity index (χ1v) is 10.1. The molecule has 0 aliphatic carbocycles. The fourth-order valence-corrected chi connectivity index (χ4v) is 5.63. The Morgan fingerprint density at radius 1 is 1.04 bits per heavy atom. The number of fused-ring (bicyclic) bond motifs is 1. The van der Waals surface area contributed by atoms with Gasteiger partial charge in [0.1, 0.15) is 11.0 Å². The molecule has 0 amide bonds. The number of rotatable bonds is 2. The summed E-state index contributed by atoms with van der Waals surface area (Å²) in [5, 5.41) is 9.67. The van der Waals surface area contributed by atoms with E-state index in [0.29, 0.717) is 5.56 Å². The second-order valence-corrected chi connectivity index (χ2v) is 9.73. The first kappa shape index (κ1) is 15.2. The zero-order valence-electron chi connectivity index (χ0n) is 11.8. The largest absolute Gasteiger partial charge is 0.192 e. The zero-order chi connectivity index (χ0) is 16.0. The average Bonchev–Trinajstić information content (AvgIpc) is 3.26. The van der Waals surface area contributed by atoms with Gasteiger partial charge < -0.3 is 0 Å². The van der Waals surface area contributed by atoms with Crippen LogP contribution in [0.15, 0.2) is 30.3 Å². The number of aromatic nitrogens is 2. The van der Waals surface area contributed by atoms with Crippen LogP contribution in [0.2, 0.25) is 0 Å². The van der Waals surface area contributed by atoms with Crippen molar-refractivity contribution in [2.24, 2.45) is 0 Å². The number of aryl methyl sites for hydroxylation is 1. The summed E-state index contributed by atoms with van der Waals surface area (Å²) in [4.78, 5) is 3.44. The first-order valence-electron chi connectivity index (χ1n) is 6.69. The third-order valence-electron chi connectivity index (χ3n) is 3.48. The number of nitriles is 1. The normalized spacial score (nSPS) is 11.0. The number of benzene rings is 1. The van der Waals surface area contributed by atoms with Crippen molar-refractivity contribution in [3.63, 3.8) is 0 Å². The van der Waals surface area contributed by atoms with E-state index >= 15 is 0 Å². The SMILES string of the molecule is Cc1ccc(-c2cc(C#N)c(-c3ccc(I)s3)c3nsnc23)s1. The molecule has 4 aromatic rings. The standard InChI is InChI=1S/C16H8IN3S3/c1-8-2-3-11(21-8)10-6-9(7-18)14(12-4-5-13(17)22-12)16-15(10)19-23-20-16/h2-6H,1H3. The van der Waals surface area contributed by atoms with E-state index in [2.05, 4.69) is 68.6 Å². The third kappa shape index (κ3) is 2.59. The van der Waals surface area contributed by atoms with Gasteiger partial charge in [-0.3, -0.25) is 0 Å². The van der Waals surface area contributed by atoms with Crippen LogP contribution in [0.3, 0.4) is 0 Å². The fourth-order valence-electron chi connectivity index (χ4n) is 2.50. The molecule has 0 N–H and O–H groups in total. The van der Waals surface area contributed by atoms with Gasteiger partial charge in [-0.2, -0.15) is 14.0 Å². The predicted molar refractivity (Wildman–Crippen MR) is 106 cm³/mol. The van der Waals surface area contributed by atoms with Gasteiger partial charge in [-0.1, -0.05) is 0 Å². The monoisotopic (exact) mass is 465 g/mol. The Morgan fingerprint density at radius 2 is 1.83 bits per heavy atom. The summed E-state index contributed by atoms with van der Waals surface area (Å²) in [6, 6.07) is 12.6. The first-order chi connectivity index (χ1) is 11.2. The lowest BCUT2D eigenvalue weighted by Gasteiger charge is -2.06. The Labute approximate surface area is 158 Å². The molecule has 4 rings (SSSR count). The van der Waals surface area contributed by atoms with Crippen LogP contribution in [0.1, 0.15) is 10.4 Å². The highest BCUT2D eigenvalue weighted by Crippen LogP contribution is 2.41. The number of thiophene rings is 2. The van der Waals surface area contributed by atoms with Gasteiger partial charge in [0, 0.05) is 25.8 Å². The molecule has 3 nitrogen and oxygen atoms in total. The number of halogens is 1. The lowest BCUT2D eigenvalue weighted by molar-refractivity contribution is 1.49. The van der Waals surface area contributed by atoms with Crippen molar-refractivity contribution < 1.29 is 0 Å². The van der Waals surface area contributed by atoms with Crippen molar-refractivity contribution in [3.05, 3.63) is 43.7 Å². The molecule has 7 heteroatoms. The maximum atomic E-state index is 9.67. The van der Waals surface area contributed by atoms with Crippen LogP contribution in [0, 0.1) is 21.1 Å². The number of hydrogen-bond donors (Lipinski definition) is 0. The minimum absolute atomic E-state index is 0.657. The molecule has 0 atom stereocenters. The summed E-state index contributed by atoms with van der Waals surface area (Å²) in [7, 11) is 0. The van der Waals surface area contributed by atoms with E-state index in [9.17, 15) is 5.26 Å². The molecule has 112 valence electrons. The van der Waals surface area contributed by atoms with E-state index < -0.39 is 0 Å². The lowest BCUT2D eigenvalue weighted by Crippen LogP contribution is -1.88. The molecule has 0 saturated heterocycles. The van der Waals surface area contributed by atoms with Crippen LogP contribution in [-0.2, 0) is 0 Å². The summed E-state index contributed by atoms with van der Waals surface area (Å²) in [6.45, 7) is 2.08. The highest BCUT2D eigenvalue weighted by Gasteiger charge is 2.20. The van der Waals surface area contributed by atoms with Crippen molar-refractivity contribution in [2.45, 2.75) is 6.92 Å². The highest BCUT2D eigenvalue weighted by atomic mass is 127. The van der Waals surface area contributed by atoms with E-state index in [1.807, 2.05) is 6.07 Å². The highest BCUT2D eigenvalue weighted by molar-refractivity contribution is 14.1. The van der Waals surface area contributed by atoms with Crippen molar-refractivity contribution in [3.8, 4) is 27.0 Å². The zero-order valence-corrected chi connectivity index (χ0v) is 16.4. The molecule has 1 aromatic carbocycles. The second kappa shape index (κ2) is 5.94. The Balaban J connectivity index is 2.07. The van der Waals surface area contributed by atoms with Crippen LogP contribution in [0.25, 0.3) is 31.9 Å². The van der Waals surface area contributed by atoms with Gasteiger partial charge in [0.2, 0.25) is 0 Å². The van der Waals surface area contributed by atoms with Gasteiger partial charge in [0.05, 0.1) is 26.2 Å². The van der Waals surface area contributed by atoms with Crippen molar-refractivity contribution in [1.82, 2.24) is 8.75 Å². The smallest absolute Gasteiger partial charge is 0.115 e. The van der Waals surface area contributed by atoms with E-state index in [0.717, 1.165) is 31.9 Å².